The van der Waals surface area contributed by atoms with Crippen LogP contribution in [0.25, 0.3) is 0 Å². The number of ether oxygens (including phenoxy) is 1. The average Bonchev–Trinajstić information content (AvgIpc) is 2.67. The Hall–Kier alpha value is -1.10. The van der Waals surface area contributed by atoms with Gasteiger partial charge in [0, 0.05) is 18.7 Å². The second-order valence-electron chi connectivity index (χ2n) is 5.36. The Kier molecular flexibility index (Phi) is 4.51. The maximum atomic E-state index is 12.3. The Labute approximate surface area is 102 Å². The van der Waals surface area contributed by atoms with Crippen molar-refractivity contribution in [1.29, 1.82) is 0 Å². The van der Waals surface area contributed by atoms with E-state index in [0.29, 0.717) is 13.2 Å². The van der Waals surface area contributed by atoms with Crippen molar-refractivity contribution in [2.75, 3.05) is 19.8 Å². The largest absolute Gasteiger partial charge is 0.481 e. The summed E-state index contributed by atoms with van der Waals surface area (Å²) in [6.45, 7) is 7.09. The summed E-state index contributed by atoms with van der Waals surface area (Å²) < 4.78 is 5.20. The number of hydrogen-bond donors (Lipinski definition) is 1. The van der Waals surface area contributed by atoms with E-state index in [9.17, 15) is 9.59 Å². The maximum absolute atomic E-state index is 12.3. The SMILES string of the molecule is CC(C)(C)N(CCC(=O)O)C(=O)C1CCOC1. The number of nitrogens with zero attached hydrogens (tertiary/aromatic N) is 1. The van der Waals surface area contributed by atoms with Gasteiger partial charge in [0.25, 0.3) is 0 Å². The van der Waals surface area contributed by atoms with Gasteiger partial charge >= 0.3 is 5.97 Å². The third-order valence-electron chi connectivity index (χ3n) is 2.90. The van der Waals surface area contributed by atoms with Crippen LogP contribution in [0.4, 0.5) is 0 Å². The minimum Gasteiger partial charge on any atom is -0.481 e. The van der Waals surface area contributed by atoms with Crippen LogP contribution in [0.15, 0.2) is 0 Å². The fraction of sp³-hybridized carbons (Fsp3) is 0.833. The third-order valence-corrected chi connectivity index (χ3v) is 2.90. The van der Waals surface area contributed by atoms with E-state index in [1.54, 1.807) is 4.90 Å². The van der Waals surface area contributed by atoms with Crippen LogP contribution in [0.1, 0.15) is 33.6 Å². The monoisotopic (exact) mass is 243 g/mol. The number of aliphatic carboxylic acids is 1. The zero-order valence-electron chi connectivity index (χ0n) is 10.7. The number of amides is 1. The van der Waals surface area contributed by atoms with Gasteiger partial charge in [-0.2, -0.15) is 0 Å². The molecule has 0 radical (unpaired) electrons. The van der Waals surface area contributed by atoms with E-state index >= 15 is 0 Å². The van der Waals surface area contributed by atoms with Crippen LogP contribution in [0.5, 0.6) is 0 Å². The lowest BCUT2D eigenvalue weighted by Crippen LogP contribution is -2.49. The first-order chi connectivity index (χ1) is 7.82. The van der Waals surface area contributed by atoms with Crippen molar-refractivity contribution in [2.45, 2.75) is 39.2 Å². The number of carbonyl (C=O) groups is 2. The van der Waals surface area contributed by atoms with E-state index in [-0.39, 0.29) is 30.3 Å². The smallest absolute Gasteiger partial charge is 0.305 e. The minimum absolute atomic E-state index is 0.0104. The molecule has 1 aliphatic heterocycles. The van der Waals surface area contributed by atoms with Gasteiger partial charge in [-0.05, 0) is 27.2 Å². The summed E-state index contributed by atoms with van der Waals surface area (Å²) in [5.41, 5.74) is -0.352. The fourth-order valence-corrected chi connectivity index (χ4v) is 1.93. The Balaban J connectivity index is 2.68. The Morgan fingerprint density at radius 1 is 1.41 bits per heavy atom. The molecule has 0 aliphatic carbocycles. The summed E-state index contributed by atoms with van der Waals surface area (Å²) in [7, 11) is 0. The molecule has 0 spiro atoms. The summed E-state index contributed by atoms with van der Waals surface area (Å²) in [6, 6.07) is 0. The van der Waals surface area contributed by atoms with Crippen LogP contribution in [-0.2, 0) is 14.3 Å². The number of rotatable bonds is 4. The predicted octanol–water partition coefficient (Wildman–Crippen LogP) is 1.12. The molecule has 1 heterocycles. The number of carboxylic acids is 1. The van der Waals surface area contributed by atoms with Crippen molar-refractivity contribution in [3.63, 3.8) is 0 Å². The van der Waals surface area contributed by atoms with Gasteiger partial charge in [0.15, 0.2) is 0 Å². The third kappa shape index (κ3) is 4.00. The van der Waals surface area contributed by atoms with Gasteiger partial charge in [0.05, 0.1) is 18.9 Å². The van der Waals surface area contributed by atoms with Crippen LogP contribution in [0.2, 0.25) is 0 Å². The summed E-state index contributed by atoms with van der Waals surface area (Å²) in [6.07, 6.45) is 0.717. The van der Waals surface area contributed by atoms with E-state index in [1.807, 2.05) is 20.8 Å². The number of carbonyl (C=O) groups excluding carboxylic acids is 1. The Morgan fingerprint density at radius 3 is 2.47 bits per heavy atom. The topological polar surface area (TPSA) is 66.8 Å². The molecule has 0 aromatic rings. The molecule has 17 heavy (non-hydrogen) atoms. The molecule has 0 saturated carbocycles. The summed E-state index contributed by atoms with van der Waals surface area (Å²) in [4.78, 5) is 24.5. The molecule has 98 valence electrons. The highest BCUT2D eigenvalue weighted by Gasteiger charge is 2.33. The molecule has 1 amide bonds. The molecule has 0 bridgehead atoms. The van der Waals surface area contributed by atoms with E-state index < -0.39 is 5.97 Å². The van der Waals surface area contributed by atoms with Crippen molar-refractivity contribution < 1.29 is 19.4 Å². The normalized spacial score (nSPS) is 20.3. The Morgan fingerprint density at radius 2 is 2.06 bits per heavy atom. The average molecular weight is 243 g/mol. The highest BCUT2D eigenvalue weighted by atomic mass is 16.5. The predicted molar refractivity (Wildman–Crippen MR) is 62.6 cm³/mol. The zero-order valence-corrected chi connectivity index (χ0v) is 10.7. The van der Waals surface area contributed by atoms with Gasteiger partial charge in [-0.1, -0.05) is 0 Å². The lowest BCUT2D eigenvalue weighted by molar-refractivity contribution is -0.143. The number of carboxylic acid groups (broad SMARTS) is 1. The fourth-order valence-electron chi connectivity index (χ4n) is 1.93. The van der Waals surface area contributed by atoms with E-state index in [2.05, 4.69) is 0 Å². The highest BCUT2D eigenvalue weighted by Crippen LogP contribution is 2.22. The first-order valence-electron chi connectivity index (χ1n) is 5.93. The molecule has 5 nitrogen and oxygen atoms in total. The van der Waals surface area contributed by atoms with E-state index in [0.717, 1.165) is 6.42 Å². The van der Waals surface area contributed by atoms with Crippen LogP contribution in [0.3, 0.4) is 0 Å². The Bertz CT molecular complexity index is 289. The summed E-state index contributed by atoms with van der Waals surface area (Å²) in [5, 5.41) is 8.71. The van der Waals surface area contributed by atoms with Crippen molar-refractivity contribution in [3.05, 3.63) is 0 Å². The molecule has 1 unspecified atom stereocenters. The van der Waals surface area contributed by atoms with Crippen LogP contribution in [-0.4, -0.2) is 47.2 Å². The molecule has 1 rings (SSSR count). The van der Waals surface area contributed by atoms with Gasteiger partial charge < -0.3 is 14.7 Å². The summed E-state index contributed by atoms with van der Waals surface area (Å²) in [5.74, 6) is -0.978. The zero-order chi connectivity index (χ0) is 13.1. The lowest BCUT2D eigenvalue weighted by atomic mass is 10.0. The van der Waals surface area contributed by atoms with E-state index in [4.69, 9.17) is 9.84 Å². The van der Waals surface area contributed by atoms with Gasteiger partial charge in [-0.25, -0.2) is 0 Å². The molecule has 0 aromatic heterocycles. The molecular weight excluding hydrogens is 222 g/mol. The molecule has 0 aromatic carbocycles. The quantitative estimate of drug-likeness (QED) is 0.803. The molecule has 1 atom stereocenters. The van der Waals surface area contributed by atoms with Gasteiger partial charge in [0.2, 0.25) is 5.91 Å². The van der Waals surface area contributed by atoms with E-state index in [1.165, 1.54) is 0 Å². The van der Waals surface area contributed by atoms with Crippen molar-refractivity contribution >= 4 is 11.9 Å². The highest BCUT2D eigenvalue weighted by molar-refractivity contribution is 5.80. The molecule has 1 fully saturated rings. The van der Waals surface area contributed by atoms with Crippen molar-refractivity contribution in [1.82, 2.24) is 4.90 Å². The second-order valence-corrected chi connectivity index (χ2v) is 5.36. The van der Waals surface area contributed by atoms with Crippen molar-refractivity contribution in [2.24, 2.45) is 5.92 Å². The molecule has 1 N–H and O–H groups in total. The van der Waals surface area contributed by atoms with Gasteiger partial charge in [0.1, 0.15) is 0 Å². The molecule has 5 heteroatoms. The lowest BCUT2D eigenvalue weighted by Gasteiger charge is -2.37. The molecule has 1 aliphatic rings. The minimum atomic E-state index is -0.880. The standard InChI is InChI=1S/C12H21NO4/c1-12(2,3)13(6-4-10(14)15)11(16)9-5-7-17-8-9/h9H,4-8H2,1-3H3,(H,14,15). The molecular formula is C12H21NO4. The second kappa shape index (κ2) is 5.49. The summed E-state index contributed by atoms with van der Waals surface area (Å²) >= 11 is 0. The van der Waals surface area contributed by atoms with Gasteiger partial charge in [-0.15, -0.1) is 0 Å². The first kappa shape index (κ1) is 14.0. The van der Waals surface area contributed by atoms with Crippen molar-refractivity contribution in [3.8, 4) is 0 Å². The first-order valence-corrected chi connectivity index (χ1v) is 5.93. The van der Waals surface area contributed by atoms with Crippen LogP contribution < -0.4 is 0 Å². The van der Waals surface area contributed by atoms with Crippen LogP contribution >= 0.6 is 0 Å². The maximum Gasteiger partial charge on any atom is 0.305 e. The molecule has 1 saturated heterocycles. The van der Waals surface area contributed by atoms with Crippen LogP contribution in [0, 0.1) is 5.92 Å². The van der Waals surface area contributed by atoms with Gasteiger partial charge in [-0.3, -0.25) is 9.59 Å². The number of hydrogen-bond acceptors (Lipinski definition) is 3.